The maximum absolute atomic E-state index is 9.70. The number of benzene rings is 1. The van der Waals surface area contributed by atoms with Gasteiger partial charge in [0, 0.05) is 16.8 Å². The molecule has 6 heteroatoms. The van der Waals surface area contributed by atoms with Crippen molar-refractivity contribution >= 4 is 40.4 Å². The first-order valence-corrected chi connectivity index (χ1v) is 7.38. The van der Waals surface area contributed by atoms with Crippen molar-refractivity contribution < 1.29 is 5.11 Å². The Kier molecular flexibility index (Phi) is 3.84. The lowest BCUT2D eigenvalue weighted by Gasteiger charge is -2.04. The molecule has 1 aromatic carbocycles. The molecule has 0 saturated heterocycles. The van der Waals surface area contributed by atoms with Crippen LogP contribution in [0.3, 0.4) is 0 Å². The molecule has 0 amide bonds. The van der Waals surface area contributed by atoms with Gasteiger partial charge in [0.1, 0.15) is 0 Å². The van der Waals surface area contributed by atoms with E-state index in [4.69, 9.17) is 34.8 Å². The second-order valence-corrected chi connectivity index (χ2v) is 5.98. The summed E-state index contributed by atoms with van der Waals surface area (Å²) >= 11 is 18.3. The van der Waals surface area contributed by atoms with Gasteiger partial charge in [0.05, 0.1) is 28.0 Å². The number of aliphatic hydroxyl groups is 1. The highest BCUT2D eigenvalue weighted by Gasteiger charge is 2.16. The van der Waals surface area contributed by atoms with Gasteiger partial charge in [-0.15, -0.1) is 0 Å². The number of rotatable bonds is 2. The monoisotopic (exact) mass is 340 g/mol. The van der Waals surface area contributed by atoms with Crippen molar-refractivity contribution in [3.05, 3.63) is 56.8 Å². The van der Waals surface area contributed by atoms with Crippen molar-refractivity contribution in [2.24, 2.45) is 0 Å². The third-order valence-corrected chi connectivity index (χ3v) is 4.23. The quantitative estimate of drug-likeness (QED) is 0.729. The first-order valence-electron chi connectivity index (χ1n) is 6.24. The Morgan fingerprint density at radius 3 is 2.57 bits per heavy atom. The largest absolute Gasteiger partial charge is 0.390 e. The number of aromatic nitrogens is 2. The molecule has 0 radical (unpaired) electrons. The third-order valence-electron chi connectivity index (χ3n) is 3.32. The van der Waals surface area contributed by atoms with E-state index >= 15 is 0 Å². The van der Waals surface area contributed by atoms with E-state index in [2.05, 4.69) is 4.98 Å². The number of hydrogen-bond donors (Lipinski definition) is 1. The number of aliphatic hydroxyl groups excluding tert-OH is 1. The van der Waals surface area contributed by atoms with Crippen molar-refractivity contribution in [2.45, 2.75) is 13.5 Å². The molecule has 0 fully saturated rings. The third kappa shape index (κ3) is 2.51. The Morgan fingerprint density at radius 2 is 1.90 bits per heavy atom. The number of pyridine rings is 1. The molecule has 0 bridgehead atoms. The predicted octanol–water partition coefficient (Wildman–Crippen LogP) is 4.76. The molecule has 3 aromatic rings. The smallest absolute Gasteiger partial charge is 0.156 e. The number of halogens is 3. The topological polar surface area (TPSA) is 37.5 Å². The molecule has 3 nitrogen and oxygen atoms in total. The fourth-order valence-corrected chi connectivity index (χ4v) is 2.93. The van der Waals surface area contributed by atoms with Crippen LogP contribution in [0.1, 0.15) is 11.3 Å². The van der Waals surface area contributed by atoms with Crippen LogP contribution in [-0.4, -0.2) is 14.5 Å². The second-order valence-electron chi connectivity index (χ2n) is 4.73. The molecule has 3 rings (SSSR count). The second kappa shape index (κ2) is 5.50. The van der Waals surface area contributed by atoms with Crippen LogP contribution in [0.2, 0.25) is 15.1 Å². The molecule has 0 aliphatic carbocycles. The Labute approximate surface area is 136 Å². The summed E-state index contributed by atoms with van der Waals surface area (Å²) in [7, 11) is 0. The summed E-state index contributed by atoms with van der Waals surface area (Å²) in [4.78, 5) is 4.53. The zero-order valence-electron chi connectivity index (χ0n) is 11.1. The molecular formula is C15H11Cl3N2O. The minimum atomic E-state index is -0.172. The first kappa shape index (κ1) is 14.7. The van der Waals surface area contributed by atoms with E-state index in [9.17, 15) is 5.11 Å². The Morgan fingerprint density at radius 1 is 1.14 bits per heavy atom. The zero-order valence-corrected chi connectivity index (χ0v) is 13.3. The first-order chi connectivity index (χ1) is 10.0. The van der Waals surface area contributed by atoms with Crippen LogP contribution in [0, 0.1) is 6.92 Å². The minimum absolute atomic E-state index is 0.172. The number of imidazole rings is 1. The van der Waals surface area contributed by atoms with Gasteiger partial charge in [0.25, 0.3) is 0 Å². The summed E-state index contributed by atoms with van der Waals surface area (Å²) in [6, 6.07) is 7.24. The average Bonchev–Trinajstić information content (AvgIpc) is 2.80. The fraction of sp³-hybridized carbons (Fsp3) is 0.133. The molecule has 21 heavy (non-hydrogen) atoms. The molecule has 0 spiro atoms. The van der Waals surface area contributed by atoms with Crippen LogP contribution < -0.4 is 0 Å². The van der Waals surface area contributed by atoms with Crippen molar-refractivity contribution in [1.82, 2.24) is 9.38 Å². The number of fused-ring (bicyclic) bond motifs is 1. The summed E-state index contributed by atoms with van der Waals surface area (Å²) in [6.07, 6.45) is 1.69. The number of aryl methyl sites for hydroxylation is 1. The van der Waals surface area contributed by atoms with Crippen LogP contribution in [-0.2, 0) is 6.61 Å². The summed E-state index contributed by atoms with van der Waals surface area (Å²) in [5, 5.41) is 11.3. The van der Waals surface area contributed by atoms with Crippen LogP contribution in [0.15, 0.2) is 30.5 Å². The summed E-state index contributed by atoms with van der Waals surface area (Å²) < 4.78 is 1.71. The highest BCUT2D eigenvalue weighted by Crippen LogP contribution is 2.31. The van der Waals surface area contributed by atoms with E-state index in [-0.39, 0.29) is 6.61 Å². The summed E-state index contributed by atoms with van der Waals surface area (Å²) in [5.41, 5.74) is 3.68. The van der Waals surface area contributed by atoms with Crippen molar-refractivity contribution in [2.75, 3.05) is 0 Å². The van der Waals surface area contributed by atoms with Gasteiger partial charge < -0.3 is 5.11 Å². The van der Waals surface area contributed by atoms with Crippen LogP contribution >= 0.6 is 34.8 Å². The Hall–Kier alpha value is -1.26. The Balaban J connectivity index is 2.31. The van der Waals surface area contributed by atoms with E-state index in [0.717, 1.165) is 11.1 Å². The van der Waals surface area contributed by atoms with Crippen molar-refractivity contribution in [3.8, 4) is 11.3 Å². The van der Waals surface area contributed by atoms with Crippen molar-refractivity contribution in [3.63, 3.8) is 0 Å². The van der Waals surface area contributed by atoms with E-state index in [1.165, 1.54) is 0 Å². The normalized spacial score (nSPS) is 11.3. The van der Waals surface area contributed by atoms with Crippen LogP contribution in [0.5, 0.6) is 0 Å². The molecule has 2 heterocycles. The van der Waals surface area contributed by atoms with E-state index < -0.39 is 0 Å². The highest BCUT2D eigenvalue weighted by molar-refractivity contribution is 6.36. The molecule has 108 valence electrons. The van der Waals surface area contributed by atoms with Crippen LogP contribution in [0.25, 0.3) is 16.9 Å². The maximum atomic E-state index is 9.70. The lowest BCUT2D eigenvalue weighted by molar-refractivity contribution is 0.276. The lowest BCUT2D eigenvalue weighted by Crippen LogP contribution is -1.94. The lowest BCUT2D eigenvalue weighted by atomic mass is 10.1. The Bertz CT molecular complexity index is 843. The molecule has 0 aliphatic heterocycles. The SMILES string of the molecule is Cc1cc(-c2nc3c(Cl)cc(Cl)cn3c2CO)ccc1Cl. The molecule has 2 aromatic heterocycles. The van der Waals surface area contributed by atoms with Gasteiger partial charge in [-0.05, 0) is 30.7 Å². The zero-order chi connectivity index (χ0) is 15.1. The summed E-state index contributed by atoms with van der Waals surface area (Å²) in [6.45, 7) is 1.75. The van der Waals surface area contributed by atoms with E-state index in [0.29, 0.717) is 32.1 Å². The van der Waals surface area contributed by atoms with E-state index in [1.807, 2.05) is 25.1 Å². The van der Waals surface area contributed by atoms with Crippen molar-refractivity contribution in [1.29, 1.82) is 0 Å². The molecule has 0 saturated carbocycles. The maximum Gasteiger partial charge on any atom is 0.156 e. The summed E-state index contributed by atoms with van der Waals surface area (Å²) in [5.74, 6) is 0. The van der Waals surface area contributed by atoms with Crippen LogP contribution in [0.4, 0.5) is 0 Å². The predicted molar refractivity (Wildman–Crippen MR) is 86.3 cm³/mol. The highest BCUT2D eigenvalue weighted by atomic mass is 35.5. The van der Waals surface area contributed by atoms with Gasteiger partial charge in [-0.3, -0.25) is 4.40 Å². The number of nitrogens with zero attached hydrogens (tertiary/aromatic N) is 2. The minimum Gasteiger partial charge on any atom is -0.390 e. The molecule has 0 atom stereocenters. The number of hydrogen-bond acceptors (Lipinski definition) is 2. The molecule has 1 N–H and O–H groups in total. The van der Waals surface area contributed by atoms with Gasteiger partial charge in [0.2, 0.25) is 0 Å². The molecule has 0 unspecified atom stereocenters. The fourth-order valence-electron chi connectivity index (χ4n) is 2.29. The van der Waals surface area contributed by atoms with Gasteiger partial charge in [-0.1, -0.05) is 40.9 Å². The van der Waals surface area contributed by atoms with Gasteiger partial charge in [0.15, 0.2) is 5.65 Å². The average molecular weight is 342 g/mol. The molecular weight excluding hydrogens is 331 g/mol. The van der Waals surface area contributed by atoms with Gasteiger partial charge in [-0.2, -0.15) is 0 Å². The van der Waals surface area contributed by atoms with Gasteiger partial charge in [-0.25, -0.2) is 4.98 Å². The van der Waals surface area contributed by atoms with E-state index in [1.54, 1.807) is 16.7 Å². The molecule has 0 aliphatic rings. The van der Waals surface area contributed by atoms with Gasteiger partial charge >= 0.3 is 0 Å². The standard InChI is InChI=1S/C15H11Cl3N2O/c1-8-4-9(2-3-11(8)17)14-13(7-21)20-6-10(16)5-12(18)15(20)19-14/h2-6,21H,7H2,1H3.